The highest BCUT2D eigenvalue weighted by Crippen LogP contribution is 2.53. The summed E-state index contributed by atoms with van der Waals surface area (Å²) in [5.74, 6) is 0. The monoisotopic (exact) mass is 264 g/mol. The van der Waals surface area contributed by atoms with Crippen molar-refractivity contribution in [3.05, 3.63) is 34.9 Å². The van der Waals surface area contributed by atoms with E-state index in [9.17, 15) is 0 Å². The van der Waals surface area contributed by atoms with Gasteiger partial charge in [0.05, 0.1) is 18.6 Å². The zero-order chi connectivity index (χ0) is 12.6. The largest absolute Gasteiger partial charge is 0.372 e. The Morgan fingerprint density at radius 2 is 1.94 bits per heavy atom. The number of alkyl halides is 1. The van der Waals surface area contributed by atoms with Crippen molar-refractivity contribution in [3.8, 4) is 0 Å². The van der Waals surface area contributed by atoms with Crippen LogP contribution in [0.1, 0.15) is 61.1 Å². The Balaban J connectivity index is 1.89. The molecule has 1 fully saturated rings. The molecule has 1 aromatic carbocycles. The molecule has 0 N–H and O–H groups in total. The van der Waals surface area contributed by atoms with Gasteiger partial charge in [-0.25, -0.2) is 0 Å². The lowest BCUT2D eigenvalue weighted by Gasteiger charge is -2.33. The zero-order valence-corrected chi connectivity index (χ0v) is 11.8. The van der Waals surface area contributed by atoms with Gasteiger partial charge >= 0.3 is 0 Å². The predicted molar refractivity (Wildman–Crippen MR) is 74.7 cm³/mol. The molecule has 2 heteroatoms. The van der Waals surface area contributed by atoms with E-state index in [1.165, 1.54) is 48.8 Å². The molecule has 1 atom stereocenters. The Kier molecular flexibility index (Phi) is 3.38. The molecular formula is C16H21ClO. The highest BCUT2D eigenvalue weighted by molar-refractivity contribution is 6.21. The van der Waals surface area contributed by atoms with E-state index in [4.69, 9.17) is 16.3 Å². The molecule has 0 radical (unpaired) electrons. The Morgan fingerprint density at radius 1 is 1.22 bits per heavy atom. The minimum absolute atomic E-state index is 0.163. The summed E-state index contributed by atoms with van der Waals surface area (Å²) in [6, 6.07) is 6.68. The quantitative estimate of drug-likeness (QED) is 0.701. The summed E-state index contributed by atoms with van der Waals surface area (Å²) >= 11 is 6.83. The lowest BCUT2D eigenvalue weighted by molar-refractivity contribution is 0.134. The van der Waals surface area contributed by atoms with Crippen LogP contribution >= 0.6 is 11.6 Å². The Bertz CT molecular complexity index is 435. The van der Waals surface area contributed by atoms with E-state index < -0.39 is 0 Å². The summed E-state index contributed by atoms with van der Waals surface area (Å²) in [4.78, 5) is 0. The molecule has 1 aliphatic heterocycles. The highest BCUT2D eigenvalue weighted by Gasteiger charge is 2.39. The minimum atomic E-state index is 0.163. The maximum absolute atomic E-state index is 6.83. The molecule has 2 aliphatic rings. The van der Waals surface area contributed by atoms with Crippen LogP contribution in [0.4, 0.5) is 0 Å². The number of ether oxygens (including phenoxy) is 1. The molecule has 1 nitrogen and oxygen atoms in total. The number of benzene rings is 1. The topological polar surface area (TPSA) is 9.23 Å². The second kappa shape index (κ2) is 4.86. The number of halogens is 1. The van der Waals surface area contributed by atoms with Gasteiger partial charge in [-0.1, -0.05) is 38.0 Å². The first-order valence-electron chi connectivity index (χ1n) is 7.09. The molecule has 0 aromatic heterocycles. The Labute approximate surface area is 114 Å². The van der Waals surface area contributed by atoms with Gasteiger partial charge < -0.3 is 4.74 Å². The van der Waals surface area contributed by atoms with Crippen molar-refractivity contribution in [1.29, 1.82) is 0 Å². The van der Waals surface area contributed by atoms with E-state index in [0.717, 1.165) is 13.2 Å². The molecule has 1 aliphatic carbocycles. The van der Waals surface area contributed by atoms with Crippen LogP contribution < -0.4 is 0 Å². The first kappa shape index (κ1) is 12.5. The summed E-state index contributed by atoms with van der Waals surface area (Å²) in [6.07, 6.45) is 6.43. The van der Waals surface area contributed by atoms with Gasteiger partial charge in [-0.3, -0.25) is 0 Å². The van der Waals surface area contributed by atoms with Crippen molar-refractivity contribution in [2.24, 2.45) is 5.41 Å². The summed E-state index contributed by atoms with van der Waals surface area (Å²) in [5, 5.41) is 0.163. The van der Waals surface area contributed by atoms with Gasteiger partial charge in [0.2, 0.25) is 0 Å². The third-order valence-electron chi connectivity index (χ3n) is 4.88. The van der Waals surface area contributed by atoms with Crippen molar-refractivity contribution < 1.29 is 4.74 Å². The van der Waals surface area contributed by atoms with E-state index in [0.29, 0.717) is 5.41 Å². The molecule has 0 saturated heterocycles. The van der Waals surface area contributed by atoms with Gasteiger partial charge in [0.1, 0.15) is 0 Å². The average molecular weight is 265 g/mol. The summed E-state index contributed by atoms with van der Waals surface area (Å²) < 4.78 is 5.48. The van der Waals surface area contributed by atoms with Crippen molar-refractivity contribution in [2.45, 2.75) is 57.6 Å². The second-order valence-electron chi connectivity index (χ2n) is 5.81. The van der Waals surface area contributed by atoms with Crippen LogP contribution in [0, 0.1) is 5.41 Å². The summed E-state index contributed by atoms with van der Waals surface area (Å²) in [5.41, 5.74) is 4.29. The van der Waals surface area contributed by atoms with Gasteiger partial charge in [-0.15, -0.1) is 11.6 Å². The molecule has 1 heterocycles. The van der Waals surface area contributed by atoms with Crippen molar-refractivity contribution in [2.75, 3.05) is 0 Å². The molecule has 1 unspecified atom stereocenters. The van der Waals surface area contributed by atoms with Crippen LogP contribution in [0.2, 0.25) is 0 Å². The van der Waals surface area contributed by atoms with Crippen LogP contribution in [-0.2, 0) is 18.0 Å². The number of hydrogen-bond donors (Lipinski definition) is 0. The van der Waals surface area contributed by atoms with Gasteiger partial charge in [0.25, 0.3) is 0 Å². The van der Waals surface area contributed by atoms with E-state index in [-0.39, 0.29) is 5.38 Å². The molecule has 0 bridgehead atoms. The molecule has 98 valence electrons. The third kappa shape index (κ3) is 1.98. The van der Waals surface area contributed by atoms with Crippen LogP contribution in [0.25, 0.3) is 0 Å². The average Bonchev–Trinajstić information content (AvgIpc) is 3.06. The second-order valence-corrected chi connectivity index (χ2v) is 6.24. The molecule has 0 amide bonds. The highest BCUT2D eigenvalue weighted by atomic mass is 35.5. The van der Waals surface area contributed by atoms with Crippen LogP contribution in [0.5, 0.6) is 0 Å². The van der Waals surface area contributed by atoms with Crippen molar-refractivity contribution >= 4 is 11.6 Å². The van der Waals surface area contributed by atoms with Crippen LogP contribution in [0.3, 0.4) is 0 Å². The van der Waals surface area contributed by atoms with Gasteiger partial charge in [-0.2, -0.15) is 0 Å². The van der Waals surface area contributed by atoms with Gasteiger partial charge in [0.15, 0.2) is 0 Å². The predicted octanol–water partition coefficient (Wildman–Crippen LogP) is 4.97. The van der Waals surface area contributed by atoms with Crippen LogP contribution in [0.15, 0.2) is 18.2 Å². The molecule has 1 saturated carbocycles. The standard InChI is InChI=1S/C16H21ClO/c1-2-16(7-3-4-8-16)15(17)12-5-6-13-10-18-11-14(13)9-12/h5-6,9,15H,2-4,7-8,10-11H2,1H3. The maximum atomic E-state index is 6.83. The lowest BCUT2D eigenvalue weighted by atomic mass is 9.77. The fourth-order valence-corrected chi connectivity index (χ4v) is 4.08. The molecular weight excluding hydrogens is 244 g/mol. The number of fused-ring (bicyclic) bond motifs is 1. The van der Waals surface area contributed by atoms with E-state index in [1.807, 2.05) is 0 Å². The zero-order valence-electron chi connectivity index (χ0n) is 11.0. The smallest absolute Gasteiger partial charge is 0.0725 e. The fraction of sp³-hybridized carbons (Fsp3) is 0.625. The number of rotatable bonds is 3. The Morgan fingerprint density at radius 3 is 2.67 bits per heavy atom. The summed E-state index contributed by atoms with van der Waals surface area (Å²) in [6.45, 7) is 3.81. The maximum Gasteiger partial charge on any atom is 0.0725 e. The van der Waals surface area contributed by atoms with E-state index >= 15 is 0 Å². The summed E-state index contributed by atoms with van der Waals surface area (Å²) in [7, 11) is 0. The lowest BCUT2D eigenvalue weighted by Crippen LogP contribution is -2.21. The molecule has 0 spiro atoms. The molecule has 3 rings (SSSR count). The van der Waals surface area contributed by atoms with Crippen LogP contribution in [-0.4, -0.2) is 0 Å². The fourth-order valence-electron chi connectivity index (χ4n) is 3.57. The normalized spacial score (nSPS) is 23.0. The Hall–Kier alpha value is -0.530. The van der Waals surface area contributed by atoms with Gasteiger partial charge in [-0.05, 0) is 41.4 Å². The third-order valence-corrected chi connectivity index (χ3v) is 5.59. The molecule has 18 heavy (non-hydrogen) atoms. The van der Waals surface area contributed by atoms with E-state index in [1.54, 1.807) is 0 Å². The van der Waals surface area contributed by atoms with Crippen molar-refractivity contribution in [3.63, 3.8) is 0 Å². The van der Waals surface area contributed by atoms with Gasteiger partial charge in [0, 0.05) is 0 Å². The first-order valence-corrected chi connectivity index (χ1v) is 7.52. The van der Waals surface area contributed by atoms with E-state index in [2.05, 4.69) is 25.1 Å². The molecule has 1 aromatic rings. The first-order chi connectivity index (χ1) is 8.75. The van der Waals surface area contributed by atoms with Crippen molar-refractivity contribution in [1.82, 2.24) is 0 Å². The minimum Gasteiger partial charge on any atom is -0.372 e. The number of hydrogen-bond acceptors (Lipinski definition) is 1. The SMILES string of the molecule is CCC1(C(Cl)c2ccc3c(c2)COC3)CCCC1.